The summed E-state index contributed by atoms with van der Waals surface area (Å²) in [5, 5.41) is 3.02. The standard InChI is InChI=1S/C14H21NO2/c1-11(10-15-2)14(16)9-6-12-4-7-13(17-3)8-5-12/h4-5,7-8,11,15H,6,9-10H2,1-3H3. The third-order valence-corrected chi connectivity index (χ3v) is 2.88. The molecule has 0 fully saturated rings. The van der Waals surface area contributed by atoms with Gasteiger partial charge in [0.15, 0.2) is 0 Å². The van der Waals surface area contributed by atoms with Crippen molar-refractivity contribution in [3.05, 3.63) is 29.8 Å². The smallest absolute Gasteiger partial charge is 0.137 e. The molecule has 1 aromatic rings. The summed E-state index contributed by atoms with van der Waals surface area (Å²) in [6.07, 6.45) is 1.41. The molecule has 0 aliphatic rings. The first-order chi connectivity index (χ1) is 8.17. The molecule has 0 aliphatic carbocycles. The molecule has 1 unspecified atom stereocenters. The maximum absolute atomic E-state index is 11.8. The molecule has 1 N–H and O–H groups in total. The molecule has 1 aromatic carbocycles. The Hall–Kier alpha value is -1.35. The second-order valence-corrected chi connectivity index (χ2v) is 4.27. The highest BCUT2D eigenvalue weighted by atomic mass is 16.5. The number of ether oxygens (including phenoxy) is 1. The van der Waals surface area contributed by atoms with Gasteiger partial charge in [-0.15, -0.1) is 0 Å². The second kappa shape index (κ2) is 7.07. The Kier molecular flexibility index (Phi) is 5.70. The van der Waals surface area contributed by atoms with Crippen LogP contribution in [0.2, 0.25) is 0 Å². The van der Waals surface area contributed by atoms with Crippen molar-refractivity contribution >= 4 is 5.78 Å². The number of carbonyl (C=O) groups excluding carboxylic acids is 1. The summed E-state index contributed by atoms with van der Waals surface area (Å²) in [6.45, 7) is 2.72. The van der Waals surface area contributed by atoms with E-state index in [0.29, 0.717) is 12.2 Å². The predicted octanol–water partition coefficient (Wildman–Crippen LogP) is 2.05. The lowest BCUT2D eigenvalue weighted by molar-refractivity contribution is -0.122. The number of hydrogen-bond acceptors (Lipinski definition) is 3. The lowest BCUT2D eigenvalue weighted by Gasteiger charge is -2.09. The Morgan fingerprint density at radius 2 is 2.00 bits per heavy atom. The first kappa shape index (κ1) is 13.7. The van der Waals surface area contributed by atoms with Crippen molar-refractivity contribution in [3.63, 3.8) is 0 Å². The van der Waals surface area contributed by atoms with Gasteiger partial charge >= 0.3 is 0 Å². The van der Waals surface area contributed by atoms with Crippen LogP contribution in [0.1, 0.15) is 18.9 Å². The molecule has 0 radical (unpaired) electrons. The number of methoxy groups -OCH3 is 1. The highest BCUT2D eigenvalue weighted by Gasteiger charge is 2.11. The van der Waals surface area contributed by atoms with Gasteiger partial charge in [0.2, 0.25) is 0 Å². The molecular formula is C14H21NO2. The Labute approximate surface area is 103 Å². The van der Waals surface area contributed by atoms with Gasteiger partial charge in [-0.3, -0.25) is 4.79 Å². The van der Waals surface area contributed by atoms with Crippen LogP contribution in [0.3, 0.4) is 0 Å². The van der Waals surface area contributed by atoms with Gasteiger partial charge in [0.05, 0.1) is 7.11 Å². The molecule has 3 nitrogen and oxygen atoms in total. The molecule has 1 atom stereocenters. The van der Waals surface area contributed by atoms with Crippen LogP contribution in [0.15, 0.2) is 24.3 Å². The number of Topliss-reactive ketones (excluding diaryl/α,β-unsaturated/α-hetero) is 1. The quantitative estimate of drug-likeness (QED) is 0.786. The van der Waals surface area contributed by atoms with Crippen molar-refractivity contribution in [2.24, 2.45) is 5.92 Å². The summed E-state index contributed by atoms with van der Waals surface area (Å²) in [5.41, 5.74) is 1.18. The van der Waals surface area contributed by atoms with E-state index in [-0.39, 0.29) is 5.92 Å². The predicted molar refractivity (Wildman–Crippen MR) is 69.4 cm³/mol. The van der Waals surface area contributed by atoms with E-state index in [1.807, 2.05) is 38.2 Å². The van der Waals surface area contributed by atoms with Crippen LogP contribution in [0, 0.1) is 5.92 Å². The summed E-state index contributed by atoms with van der Waals surface area (Å²) in [5.74, 6) is 1.26. The normalized spacial score (nSPS) is 12.2. The van der Waals surface area contributed by atoms with Crippen molar-refractivity contribution in [1.29, 1.82) is 0 Å². The van der Waals surface area contributed by atoms with Crippen molar-refractivity contribution in [2.75, 3.05) is 20.7 Å². The summed E-state index contributed by atoms with van der Waals surface area (Å²) in [7, 11) is 3.52. The molecule has 0 saturated carbocycles. The van der Waals surface area contributed by atoms with E-state index in [1.54, 1.807) is 7.11 Å². The van der Waals surface area contributed by atoms with E-state index in [9.17, 15) is 4.79 Å². The Bertz CT molecular complexity index is 346. The average Bonchev–Trinajstić information content (AvgIpc) is 2.36. The number of rotatable bonds is 7. The Morgan fingerprint density at radius 3 is 2.53 bits per heavy atom. The van der Waals surface area contributed by atoms with E-state index < -0.39 is 0 Å². The molecule has 0 spiro atoms. The summed E-state index contributed by atoms with van der Waals surface area (Å²) in [4.78, 5) is 11.8. The second-order valence-electron chi connectivity index (χ2n) is 4.27. The van der Waals surface area contributed by atoms with Crippen molar-refractivity contribution < 1.29 is 9.53 Å². The monoisotopic (exact) mass is 235 g/mol. The van der Waals surface area contributed by atoms with E-state index in [4.69, 9.17) is 4.74 Å². The summed E-state index contributed by atoms with van der Waals surface area (Å²) >= 11 is 0. The number of aryl methyl sites for hydroxylation is 1. The van der Waals surface area contributed by atoms with E-state index >= 15 is 0 Å². The van der Waals surface area contributed by atoms with E-state index in [1.165, 1.54) is 5.56 Å². The van der Waals surface area contributed by atoms with Crippen LogP contribution in [0.25, 0.3) is 0 Å². The highest BCUT2D eigenvalue weighted by molar-refractivity contribution is 5.81. The third-order valence-electron chi connectivity index (χ3n) is 2.88. The van der Waals surface area contributed by atoms with Crippen molar-refractivity contribution in [1.82, 2.24) is 5.32 Å². The van der Waals surface area contributed by atoms with Crippen molar-refractivity contribution in [3.8, 4) is 5.75 Å². The van der Waals surface area contributed by atoms with E-state index in [2.05, 4.69) is 5.32 Å². The number of hydrogen-bond donors (Lipinski definition) is 1. The maximum atomic E-state index is 11.8. The zero-order valence-corrected chi connectivity index (χ0v) is 10.8. The van der Waals surface area contributed by atoms with Gasteiger partial charge in [-0.25, -0.2) is 0 Å². The average molecular weight is 235 g/mol. The number of benzene rings is 1. The minimum atomic E-state index is 0.0956. The zero-order valence-electron chi connectivity index (χ0n) is 10.8. The summed E-state index contributed by atoms with van der Waals surface area (Å²) < 4.78 is 5.09. The molecule has 0 amide bonds. The lowest BCUT2D eigenvalue weighted by Crippen LogP contribution is -2.23. The van der Waals surface area contributed by atoms with Gasteiger partial charge in [-0.05, 0) is 31.2 Å². The molecule has 0 saturated heterocycles. The fraction of sp³-hybridized carbons (Fsp3) is 0.500. The topological polar surface area (TPSA) is 38.3 Å². The van der Waals surface area contributed by atoms with Crippen LogP contribution in [-0.4, -0.2) is 26.5 Å². The lowest BCUT2D eigenvalue weighted by atomic mass is 9.99. The Morgan fingerprint density at radius 1 is 1.35 bits per heavy atom. The zero-order chi connectivity index (χ0) is 12.7. The summed E-state index contributed by atoms with van der Waals surface area (Å²) in [6, 6.07) is 7.87. The van der Waals surface area contributed by atoms with Crippen LogP contribution < -0.4 is 10.1 Å². The fourth-order valence-corrected chi connectivity index (χ4v) is 1.73. The van der Waals surface area contributed by atoms with Gasteiger partial charge < -0.3 is 10.1 Å². The first-order valence-electron chi connectivity index (χ1n) is 5.97. The van der Waals surface area contributed by atoms with Gasteiger partial charge in [0.25, 0.3) is 0 Å². The molecule has 0 heterocycles. The Balaban J connectivity index is 2.41. The van der Waals surface area contributed by atoms with Crippen LogP contribution >= 0.6 is 0 Å². The minimum Gasteiger partial charge on any atom is -0.497 e. The highest BCUT2D eigenvalue weighted by Crippen LogP contribution is 2.13. The molecule has 0 bridgehead atoms. The molecule has 94 valence electrons. The number of nitrogens with one attached hydrogen (secondary N) is 1. The van der Waals surface area contributed by atoms with Gasteiger partial charge in [-0.2, -0.15) is 0 Å². The SMILES string of the molecule is CNCC(C)C(=O)CCc1ccc(OC)cc1. The molecule has 1 rings (SSSR count). The number of carbonyl (C=O) groups is 1. The molecule has 0 aromatic heterocycles. The largest absolute Gasteiger partial charge is 0.497 e. The molecular weight excluding hydrogens is 214 g/mol. The third kappa shape index (κ3) is 4.57. The van der Waals surface area contributed by atoms with Gasteiger partial charge in [0, 0.05) is 18.9 Å². The van der Waals surface area contributed by atoms with Gasteiger partial charge in [-0.1, -0.05) is 19.1 Å². The molecule has 17 heavy (non-hydrogen) atoms. The molecule has 3 heteroatoms. The number of ketones is 1. The fourth-order valence-electron chi connectivity index (χ4n) is 1.73. The minimum absolute atomic E-state index is 0.0956. The maximum Gasteiger partial charge on any atom is 0.137 e. The van der Waals surface area contributed by atoms with Crippen molar-refractivity contribution in [2.45, 2.75) is 19.8 Å². The van der Waals surface area contributed by atoms with E-state index in [0.717, 1.165) is 18.7 Å². The van der Waals surface area contributed by atoms with Gasteiger partial charge in [0.1, 0.15) is 11.5 Å². The molecule has 0 aliphatic heterocycles. The first-order valence-corrected chi connectivity index (χ1v) is 5.97. The van der Waals surface area contributed by atoms with Crippen LogP contribution in [0.5, 0.6) is 5.75 Å². The van der Waals surface area contributed by atoms with Crippen LogP contribution in [0.4, 0.5) is 0 Å². The van der Waals surface area contributed by atoms with Crippen LogP contribution in [-0.2, 0) is 11.2 Å².